The van der Waals surface area contributed by atoms with Gasteiger partial charge in [-0.2, -0.15) is 4.31 Å². The van der Waals surface area contributed by atoms with Crippen molar-refractivity contribution in [3.8, 4) is 0 Å². The molecule has 1 aromatic carbocycles. The van der Waals surface area contributed by atoms with Gasteiger partial charge in [0, 0.05) is 13.1 Å². The molecule has 0 aliphatic carbocycles. The zero-order chi connectivity index (χ0) is 15.8. The van der Waals surface area contributed by atoms with Gasteiger partial charge in [-0.15, -0.1) is 0 Å². The minimum atomic E-state index is -3.82. The van der Waals surface area contributed by atoms with Gasteiger partial charge in [-0.1, -0.05) is 19.9 Å². The molecule has 0 atom stereocenters. The Morgan fingerprint density at radius 1 is 1.24 bits per heavy atom. The molecule has 0 aromatic heterocycles. The second-order valence-corrected chi connectivity index (χ2v) is 9.89. The third-order valence-electron chi connectivity index (χ3n) is 3.32. The Balaban J connectivity index is 2.11. The van der Waals surface area contributed by atoms with Crippen LogP contribution >= 0.6 is 0 Å². The van der Waals surface area contributed by atoms with Crippen LogP contribution in [-0.4, -0.2) is 45.2 Å². The van der Waals surface area contributed by atoms with Crippen molar-refractivity contribution in [2.24, 2.45) is 5.92 Å². The summed E-state index contributed by atoms with van der Waals surface area (Å²) >= 11 is 0. The van der Waals surface area contributed by atoms with E-state index in [0.29, 0.717) is 0 Å². The Morgan fingerprint density at radius 3 is 2.38 bits per heavy atom. The van der Waals surface area contributed by atoms with Crippen molar-refractivity contribution in [3.05, 3.63) is 30.1 Å². The third-order valence-corrected chi connectivity index (χ3v) is 7.59. The highest BCUT2D eigenvalue weighted by molar-refractivity contribution is 7.92. The van der Waals surface area contributed by atoms with Crippen LogP contribution in [0, 0.1) is 11.7 Å². The zero-order valence-corrected chi connectivity index (χ0v) is 13.5. The highest BCUT2D eigenvalue weighted by Gasteiger charge is 2.43. The molecule has 0 bridgehead atoms. The fourth-order valence-electron chi connectivity index (χ4n) is 2.20. The van der Waals surface area contributed by atoms with Gasteiger partial charge < -0.3 is 0 Å². The van der Waals surface area contributed by atoms with E-state index in [1.807, 2.05) is 0 Å². The topological polar surface area (TPSA) is 71.5 Å². The van der Waals surface area contributed by atoms with Gasteiger partial charge in [0.25, 0.3) is 0 Å². The number of nitrogens with zero attached hydrogens (tertiary/aromatic N) is 1. The summed E-state index contributed by atoms with van der Waals surface area (Å²) in [6.07, 6.45) is 0. The van der Waals surface area contributed by atoms with Crippen LogP contribution in [0.5, 0.6) is 0 Å². The molecule has 1 aromatic rings. The van der Waals surface area contributed by atoms with E-state index in [2.05, 4.69) is 0 Å². The van der Waals surface area contributed by atoms with E-state index in [9.17, 15) is 21.2 Å². The Hall–Kier alpha value is -0.990. The molecule has 1 aliphatic heterocycles. The van der Waals surface area contributed by atoms with E-state index < -0.39 is 30.9 Å². The van der Waals surface area contributed by atoms with Crippen molar-refractivity contribution in [1.82, 2.24) is 4.31 Å². The molecule has 0 saturated carbocycles. The average molecular weight is 335 g/mol. The Morgan fingerprint density at radius 2 is 1.86 bits per heavy atom. The molecular formula is C13H18FNO4S2. The standard InChI is InChI=1S/C13H18FNO4S2/c1-10(2)9-20(16,17)13-7-15(8-13)21(18,19)12-5-3-4-11(14)6-12/h3-6,10,13H,7-9H2,1-2H3. The van der Waals surface area contributed by atoms with Gasteiger partial charge >= 0.3 is 0 Å². The number of halogens is 1. The van der Waals surface area contributed by atoms with E-state index in [1.54, 1.807) is 13.8 Å². The molecule has 0 unspecified atom stereocenters. The summed E-state index contributed by atoms with van der Waals surface area (Å²) in [6.45, 7) is 3.48. The van der Waals surface area contributed by atoms with Gasteiger partial charge in [0.2, 0.25) is 10.0 Å². The van der Waals surface area contributed by atoms with Crippen LogP contribution in [0.2, 0.25) is 0 Å². The van der Waals surface area contributed by atoms with E-state index in [0.717, 1.165) is 16.4 Å². The van der Waals surface area contributed by atoms with Crippen LogP contribution in [0.1, 0.15) is 13.8 Å². The van der Waals surface area contributed by atoms with Crippen molar-refractivity contribution in [2.45, 2.75) is 24.0 Å². The first-order valence-electron chi connectivity index (χ1n) is 6.60. The largest absolute Gasteiger partial charge is 0.243 e. The first-order chi connectivity index (χ1) is 9.63. The Kier molecular flexibility index (Phi) is 4.41. The quantitative estimate of drug-likeness (QED) is 0.812. The molecule has 1 aliphatic rings. The highest BCUT2D eigenvalue weighted by atomic mass is 32.2. The smallest absolute Gasteiger partial charge is 0.228 e. The van der Waals surface area contributed by atoms with Gasteiger partial charge in [0.15, 0.2) is 9.84 Å². The molecule has 1 heterocycles. The van der Waals surface area contributed by atoms with Crippen molar-refractivity contribution < 1.29 is 21.2 Å². The number of hydrogen-bond donors (Lipinski definition) is 0. The van der Waals surface area contributed by atoms with E-state index in [4.69, 9.17) is 0 Å². The van der Waals surface area contributed by atoms with Gasteiger partial charge in [-0.25, -0.2) is 21.2 Å². The summed E-state index contributed by atoms with van der Waals surface area (Å²) < 4.78 is 62.6. The molecule has 0 radical (unpaired) electrons. The number of benzene rings is 1. The first kappa shape index (κ1) is 16.4. The SMILES string of the molecule is CC(C)CS(=O)(=O)C1CN(S(=O)(=O)c2cccc(F)c2)C1. The third kappa shape index (κ3) is 3.44. The fourth-order valence-corrected chi connectivity index (χ4v) is 5.97. The van der Waals surface area contributed by atoms with Crippen molar-refractivity contribution >= 4 is 19.9 Å². The minimum absolute atomic E-state index is 0.00359. The van der Waals surface area contributed by atoms with Crippen molar-refractivity contribution in [2.75, 3.05) is 18.8 Å². The van der Waals surface area contributed by atoms with Crippen molar-refractivity contribution in [3.63, 3.8) is 0 Å². The van der Waals surface area contributed by atoms with Crippen molar-refractivity contribution in [1.29, 1.82) is 0 Å². The normalized spacial score (nSPS) is 17.9. The summed E-state index contributed by atoms with van der Waals surface area (Å²) in [5, 5.41) is -0.664. The number of sulfone groups is 1. The lowest BCUT2D eigenvalue weighted by Gasteiger charge is -2.37. The number of rotatable bonds is 5. The molecule has 2 rings (SSSR count). The monoisotopic (exact) mass is 335 g/mol. The van der Waals surface area contributed by atoms with Gasteiger partial charge in [-0.05, 0) is 24.1 Å². The number of hydrogen-bond acceptors (Lipinski definition) is 4. The van der Waals surface area contributed by atoms with Crippen LogP contribution in [0.25, 0.3) is 0 Å². The molecular weight excluding hydrogens is 317 g/mol. The lowest BCUT2D eigenvalue weighted by atomic mass is 10.3. The van der Waals surface area contributed by atoms with Gasteiger partial charge in [0.1, 0.15) is 5.82 Å². The predicted molar refractivity (Wildman–Crippen MR) is 77.6 cm³/mol. The molecule has 0 N–H and O–H groups in total. The number of sulfonamides is 1. The van der Waals surface area contributed by atoms with E-state index >= 15 is 0 Å². The molecule has 21 heavy (non-hydrogen) atoms. The maximum absolute atomic E-state index is 13.1. The molecule has 0 spiro atoms. The Labute approximate surface area is 124 Å². The van der Waals surface area contributed by atoms with Crippen LogP contribution in [0.15, 0.2) is 29.2 Å². The predicted octanol–water partition coefficient (Wildman–Crippen LogP) is 1.27. The molecule has 0 amide bonds. The molecule has 8 heteroatoms. The van der Waals surface area contributed by atoms with E-state index in [-0.39, 0.29) is 29.7 Å². The van der Waals surface area contributed by atoms with Gasteiger partial charge in [0.05, 0.1) is 15.9 Å². The maximum Gasteiger partial charge on any atom is 0.243 e. The van der Waals surface area contributed by atoms with Crippen LogP contribution < -0.4 is 0 Å². The first-order valence-corrected chi connectivity index (χ1v) is 9.76. The molecule has 118 valence electrons. The summed E-state index contributed by atoms with van der Waals surface area (Å²) in [5.74, 6) is -0.588. The highest BCUT2D eigenvalue weighted by Crippen LogP contribution is 2.26. The summed E-state index contributed by atoms with van der Waals surface area (Å²) in [6, 6.07) is 4.71. The lowest BCUT2D eigenvalue weighted by molar-refractivity contribution is 0.309. The molecule has 1 saturated heterocycles. The Bertz CT molecular complexity index is 722. The summed E-state index contributed by atoms with van der Waals surface area (Å²) in [5.41, 5.74) is 0. The van der Waals surface area contributed by atoms with E-state index in [1.165, 1.54) is 12.1 Å². The fraction of sp³-hybridized carbons (Fsp3) is 0.538. The average Bonchev–Trinajstić information content (AvgIpc) is 2.23. The molecule has 5 nitrogen and oxygen atoms in total. The van der Waals surface area contributed by atoms with Crippen LogP contribution in [0.4, 0.5) is 4.39 Å². The maximum atomic E-state index is 13.1. The zero-order valence-electron chi connectivity index (χ0n) is 11.9. The second-order valence-electron chi connectivity index (χ2n) is 5.62. The van der Waals surface area contributed by atoms with Crippen LogP contribution in [-0.2, 0) is 19.9 Å². The summed E-state index contributed by atoms with van der Waals surface area (Å²) in [7, 11) is -7.10. The van der Waals surface area contributed by atoms with Gasteiger partial charge in [-0.3, -0.25) is 0 Å². The molecule has 1 fully saturated rings. The lowest BCUT2D eigenvalue weighted by Crippen LogP contribution is -2.57. The van der Waals surface area contributed by atoms with Crippen LogP contribution in [0.3, 0.4) is 0 Å². The second kappa shape index (κ2) is 5.66. The minimum Gasteiger partial charge on any atom is -0.228 e. The summed E-state index contributed by atoms with van der Waals surface area (Å²) in [4.78, 5) is -0.151.